The summed E-state index contributed by atoms with van der Waals surface area (Å²) in [6.45, 7) is 6.16. The molecule has 1 fully saturated rings. The monoisotopic (exact) mass is 276 g/mol. The summed E-state index contributed by atoms with van der Waals surface area (Å²) in [7, 11) is -3.06. The van der Waals surface area contributed by atoms with Crippen LogP contribution in [0.5, 0.6) is 0 Å². The smallest absolute Gasteiger partial charge is 0.211 e. The van der Waals surface area contributed by atoms with Gasteiger partial charge in [0.05, 0.1) is 5.75 Å². The van der Waals surface area contributed by atoms with Gasteiger partial charge in [-0.05, 0) is 57.5 Å². The number of nitrogens with one attached hydrogen (secondary N) is 2. The van der Waals surface area contributed by atoms with E-state index in [0.717, 1.165) is 57.5 Å². The van der Waals surface area contributed by atoms with Crippen LogP contribution in [0.25, 0.3) is 0 Å². The van der Waals surface area contributed by atoms with E-state index in [2.05, 4.69) is 23.9 Å². The van der Waals surface area contributed by atoms with E-state index in [4.69, 9.17) is 0 Å². The molecule has 108 valence electrons. The van der Waals surface area contributed by atoms with E-state index in [1.807, 2.05) is 0 Å². The molecule has 1 rings (SSSR count). The van der Waals surface area contributed by atoms with Crippen LogP contribution < -0.4 is 10.0 Å². The summed E-state index contributed by atoms with van der Waals surface area (Å²) in [5.41, 5.74) is 0. The highest BCUT2D eigenvalue weighted by atomic mass is 32.2. The Labute approximate surface area is 112 Å². The minimum Gasteiger partial charge on any atom is -0.317 e. The van der Waals surface area contributed by atoms with Gasteiger partial charge >= 0.3 is 0 Å². The summed E-state index contributed by atoms with van der Waals surface area (Å²) in [5.74, 6) is 1.02. The summed E-state index contributed by atoms with van der Waals surface area (Å²) in [5, 5.41) is 3.21. The maximum absolute atomic E-state index is 11.9. The first-order valence-electron chi connectivity index (χ1n) is 7.24. The predicted octanol–water partition coefficient (Wildman–Crippen LogP) is 1.87. The average molecular weight is 276 g/mol. The Morgan fingerprint density at radius 2 is 1.78 bits per heavy atom. The van der Waals surface area contributed by atoms with Gasteiger partial charge in [-0.1, -0.05) is 13.8 Å². The van der Waals surface area contributed by atoms with Gasteiger partial charge in [-0.3, -0.25) is 0 Å². The van der Waals surface area contributed by atoms with E-state index >= 15 is 0 Å². The summed E-state index contributed by atoms with van der Waals surface area (Å²) in [4.78, 5) is 0. The first-order valence-corrected chi connectivity index (χ1v) is 8.89. The van der Waals surface area contributed by atoms with E-state index in [1.165, 1.54) is 0 Å². The fourth-order valence-corrected chi connectivity index (χ4v) is 3.86. The molecule has 1 aliphatic carbocycles. The lowest BCUT2D eigenvalue weighted by Gasteiger charge is -2.26. The molecule has 0 radical (unpaired) electrons. The van der Waals surface area contributed by atoms with Crippen LogP contribution in [0.2, 0.25) is 0 Å². The number of hydrogen-bond donors (Lipinski definition) is 2. The van der Waals surface area contributed by atoms with E-state index in [0.29, 0.717) is 0 Å². The van der Waals surface area contributed by atoms with Crippen LogP contribution in [0.3, 0.4) is 0 Å². The minimum absolute atomic E-state index is 0.181. The highest BCUT2D eigenvalue weighted by molar-refractivity contribution is 7.89. The van der Waals surface area contributed by atoms with E-state index < -0.39 is 10.0 Å². The van der Waals surface area contributed by atoms with Gasteiger partial charge in [0.2, 0.25) is 10.0 Å². The number of sulfonamides is 1. The normalized spacial score (nSPS) is 25.2. The Morgan fingerprint density at radius 3 is 2.39 bits per heavy atom. The molecule has 0 amide bonds. The summed E-state index contributed by atoms with van der Waals surface area (Å²) >= 11 is 0. The maximum Gasteiger partial charge on any atom is 0.211 e. The molecular formula is C13H28N2O2S. The maximum atomic E-state index is 11.9. The fraction of sp³-hybridized carbons (Fsp3) is 1.00. The van der Waals surface area contributed by atoms with E-state index in [9.17, 15) is 8.42 Å². The van der Waals surface area contributed by atoms with Gasteiger partial charge in [-0.25, -0.2) is 13.1 Å². The molecule has 18 heavy (non-hydrogen) atoms. The van der Waals surface area contributed by atoms with E-state index in [1.54, 1.807) is 0 Å². The predicted molar refractivity (Wildman–Crippen MR) is 76.1 cm³/mol. The second-order valence-electron chi connectivity index (χ2n) is 5.45. The van der Waals surface area contributed by atoms with E-state index in [-0.39, 0.29) is 11.8 Å². The average Bonchev–Trinajstić information content (AvgIpc) is 2.31. The van der Waals surface area contributed by atoms with Crippen molar-refractivity contribution in [3.8, 4) is 0 Å². The minimum atomic E-state index is -3.06. The van der Waals surface area contributed by atoms with Gasteiger partial charge < -0.3 is 5.32 Å². The first kappa shape index (κ1) is 15.9. The molecule has 1 saturated carbocycles. The summed E-state index contributed by atoms with van der Waals surface area (Å²) in [6, 6.07) is 0.181. The quantitative estimate of drug-likeness (QED) is 0.665. The van der Waals surface area contributed by atoms with Crippen LogP contribution in [-0.4, -0.2) is 33.3 Å². The standard InChI is InChI=1S/C13H28N2O2S/c1-3-14-10-4-5-11-18(16,17)15-13-8-6-12(2)7-9-13/h12-15H,3-11H2,1-2H3. The third-order valence-electron chi connectivity index (χ3n) is 3.63. The van der Waals surface area contributed by atoms with Gasteiger partial charge in [-0.2, -0.15) is 0 Å². The van der Waals surface area contributed by atoms with Crippen molar-refractivity contribution >= 4 is 10.0 Å². The summed E-state index contributed by atoms with van der Waals surface area (Å²) < 4.78 is 26.6. The van der Waals surface area contributed by atoms with Crippen LogP contribution in [0.4, 0.5) is 0 Å². The van der Waals surface area contributed by atoms with Crippen molar-refractivity contribution in [1.29, 1.82) is 0 Å². The SMILES string of the molecule is CCNCCCCS(=O)(=O)NC1CCC(C)CC1. The molecular weight excluding hydrogens is 248 g/mol. The van der Waals surface area contributed by atoms with Crippen molar-refractivity contribution in [2.45, 2.75) is 58.4 Å². The molecule has 0 unspecified atom stereocenters. The molecule has 0 saturated heterocycles. The van der Waals surface area contributed by atoms with Crippen LogP contribution in [-0.2, 0) is 10.0 Å². The zero-order chi connectivity index (χ0) is 13.4. The van der Waals surface area contributed by atoms with Crippen LogP contribution >= 0.6 is 0 Å². The second-order valence-corrected chi connectivity index (χ2v) is 7.33. The molecule has 0 aromatic carbocycles. The number of rotatable bonds is 8. The lowest BCUT2D eigenvalue weighted by molar-refractivity contribution is 0.332. The number of hydrogen-bond acceptors (Lipinski definition) is 3. The molecule has 0 atom stereocenters. The Morgan fingerprint density at radius 1 is 1.11 bits per heavy atom. The molecule has 5 heteroatoms. The van der Waals surface area contributed by atoms with Crippen molar-refractivity contribution in [1.82, 2.24) is 10.0 Å². The highest BCUT2D eigenvalue weighted by Gasteiger charge is 2.22. The van der Waals surface area contributed by atoms with Crippen molar-refractivity contribution in [3.05, 3.63) is 0 Å². The van der Waals surface area contributed by atoms with Gasteiger partial charge in [0, 0.05) is 6.04 Å². The van der Waals surface area contributed by atoms with Crippen molar-refractivity contribution in [2.75, 3.05) is 18.8 Å². The molecule has 2 N–H and O–H groups in total. The molecule has 0 aromatic rings. The zero-order valence-electron chi connectivity index (χ0n) is 11.7. The highest BCUT2D eigenvalue weighted by Crippen LogP contribution is 2.23. The second kappa shape index (κ2) is 8.12. The summed E-state index contributed by atoms with van der Waals surface area (Å²) in [6.07, 6.45) is 5.96. The number of unbranched alkanes of at least 4 members (excludes halogenated alkanes) is 1. The van der Waals surface area contributed by atoms with Crippen LogP contribution in [0.15, 0.2) is 0 Å². The van der Waals surface area contributed by atoms with Gasteiger partial charge in [0.25, 0.3) is 0 Å². The van der Waals surface area contributed by atoms with Crippen LogP contribution in [0, 0.1) is 5.92 Å². The van der Waals surface area contributed by atoms with Crippen LogP contribution in [0.1, 0.15) is 52.4 Å². The van der Waals surface area contributed by atoms with Gasteiger partial charge in [0.1, 0.15) is 0 Å². The Bertz CT molecular complexity index is 309. The Kier molecular flexibility index (Phi) is 7.19. The molecule has 4 nitrogen and oxygen atoms in total. The molecule has 0 aromatic heterocycles. The lowest BCUT2D eigenvalue weighted by Crippen LogP contribution is -2.38. The van der Waals surface area contributed by atoms with Crippen molar-refractivity contribution < 1.29 is 8.42 Å². The Balaban J connectivity index is 2.18. The lowest BCUT2D eigenvalue weighted by atomic mass is 9.88. The topological polar surface area (TPSA) is 58.2 Å². The zero-order valence-corrected chi connectivity index (χ0v) is 12.6. The molecule has 0 aliphatic heterocycles. The van der Waals surface area contributed by atoms with Crippen molar-refractivity contribution in [3.63, 3.8) is 0 Å². The first-order chi connectivity index (χ1) is 8.53. The third kappa shape index (κ3) is 6.71. The fourth-order valence-electron chi connectivity index (χ4n) is 2.41. The Hall–Kier alpha value is -0.130. The van der Waals surface area contributed by atoms with Gasteiger partial charge in [0.15, 0.2) is 0 Å². The largest absolute Gasteiger partial charge is 0.317 e. The molecule has 0 bridgehead atoms. The molecule has 0 heterocycles. The van der Waals surface area contributed by atoms with Crippen molar-refractivity contribution in [2.24, 2.45) is 5.92 Å². The van der Waals surface area contributed by atoms with Gasteiger partial charge in [-0.15, -0.1) is 0 Å². The third-order valence-corrected chi connectivity index (χ3v) is 5.15. The molecule has 1 aliphatic rings. The molecule has 0 spiro atoms.